The van der Waals surface area contributed by atoms with Crippen molar-refractivity contribution in [2.45, 2.75) is 6.92 Å². The van der Waals surface area contributed by atoms with Gasteiger partial charge in [0.1, 0.15) is 0 Å². The van der Waals surface area contributed by atoms with Crippen LogP contribution in [0.4, 0.5) is 5.69 Å². The fourth-order valence-corrected chi connectivity index (χ4v) is 1.30. The zero-order valence-corrected chi connectivity index (χ0v) is 7.50. The molecule has 0 saturated heterocycles. The summed E-state index contributed by atoms with van der Waals surface area (Å²) in [6.45, 7) is 1.87. The first-order valence-electron chi connectivity index (χ1n) is 3.92. The van der Waals surface area contributed by atoms with Crippen molar-refractivity contribution in [3.63, 3.8) is 0 Å². The Morgan fingerprint density at radius 3 is 2.92 bits per heavy atom. The number of anilines is 1. The summed E-state index contributed by atoms with van der Waals surface area (Å²) in [4.78, 5) is 0. The van der Waals surface area contributed by atoms with Gasteiger partial charge in [-0.05, 0) is 13.0 Å². The second kappa shape index (κ2) is 2.65. The molecule has 13 heavy (non-hydrogen) atoms. The third kappa shape index (κ3) is 1.11. The molecule has 2 aromatic rings. The SMILES string of the molecule is COc1cc(N)cc2c(C)noc12. The Labute approximate surface area is 75.3 Å². The standard InChI is InChI=1S/C9H10N2O2/c1-5-7-3-6(10)4-8(12-2)9(7)13-11-5/h3-4H,10H2,1-2H3. The molecule has 0 radical (unpaired) electrons. The van der Waals surface area contributed by atoms with E-state index in [0.717, 1.165) is 11.1 Å². The summed E-state index contributed by atoms with van der Waals surface area (Å²) in [5.41, 5.74) is 7.80. The molecule has 0 unspecified atom stereocenters. The Morgan fingerprint density at radius 2 is 2.23 bits per heavy atom. The van der Waals surface area contributed by atoms with Crippen molar-refractivity contribution in [3.8, 4) is 5.75 Å². The molecule has 0 fully saturated rings. The maximum atomic E-state index is 5.68. The number of nitrogens with two attached hydrogens (primary N) is 1. The molecule has 0 atom stereocenters. The number of hydrogen-bond donors (Lipinski definition) is 1. The van der Waals surface area contributed by atoms with E-state index in [1.54, 1.807) is 13.2 Å². The lowest BCUT2D eigenvalue weighted by Gasteiger charge is -2.00. The summed E-state index contributed by atoms with van der Waals surface area (Å²) in [5.74, 6) is 0.621. The largest absolute Gasteiger partial charge is 0.493 e. The number of nitrogen functional groups attached to an aromatic ring is 1. The molecule has 4 heteroatoms. The molecule has 1 aromatic heterocycles. The van der Waals surface area contributed by atoms with Crippen LogP contribution in [0.5, 0.6) is 5.75 Å². The summed E-state index contributed by atoms with van der Waals surface area (Å²) in [5, 5.41) is 4.73. The molecule has 2 rings (SSSR count). The Hall–Kier alpha value is -1.71. The highest BCUT2D eigenvalue weighted by Crippen LogP contribution is 2.30. The predicted molar refractivity (Wildman–Crippen MR) is 49.7 cm³/mol. The van der Waals surface area contributed by atoms with Gasteiger partial charge in [0.25, 0.3) is 0 Å². The van der Waals surface area contributed by atoms with E-state index in [9.17, 15) is 0 Å². The molecule has 0 amide bonds. The third-order valence-corrected chi connectivity index (χ3v) is 1.96. The zero-order chi connectivity index (χ0) is 9.42. The molecule has 0 aliphatic rings. The lowest BCUT2D eigenvalue weighted by atomic mass is 10.2. The van der Waals surface area contributed by atoms with Crippen LogP contribution in [0.25, 0.3) is 11.0 Å². The van der Waals surface area contributed by atoms with E-state index in [2.05, 4.69) is 5.16 Å². The van der Waals surface area contributed by atoms with Gasteiger partial charge < -0.3 is 15.0 Å². The molecule has 4 nitrogen and oxygen atoms in total. The van der Waals surface area contributed by atoms with Crippen molar-refractivity contribution < 1.29 is 9.26 Å². The molecule has 0 aliphatic carbocycles. The summed E-state index contributed by atoms with van der Waals surface area (Å²) in [6.07, 6.45) is 0. The van der Waals surface area contributed by atoms with E-state index < -0.39 is 0 Å². The second-order valence-electron chi connectivity index (χ2n) is 2.87. The van der Waals surface area contributed by atoms with Gasteiger partial charge in [-0.3, -0.25) is 0 Å². The van der Waals surface area contributed by atoms with E-state index in [0.29, 0.717) is 17.0 Å². The molecule has 2 N–H and O–H groups in total. The molecule has 1 aromatic carbocycles. The van der Waals surface area contributed by atoms with Gasteiger partial charge in [0.15, 0.2) is 5.75 Å². The van der Waals surface area contributed by atoms with Crippen LogP contribution >= 0.6 is 0 Å². The van der Waals surface area contributed by atoms with E-state index in [-0.39, 0.29) is 0 Å². The Bertz CT molecular complexity index is 448. The molecule has 0 spiro atoms. The van der Waals surface area contributed by atoms with Crippen LogP contribution in [0.15, 0.2) is 16.7 Å². The summed E-state index contributed by atoms with van der Waals surface area (Å²) in [7, 11) is 1.58. The van der Waals surface area contributed by atoms with Gasteiger partial charge in [0.05, 0.1) is 18.2 Å². The van der Waals surface area contributed by atoms with Gasteiger partial charge in [0, 0.05) is 11.8 Å². The number of aromatic nitrogens is 1. The topological polar surface area (TPSA) is 61.3 Å². The highest BCUT2D eigenvalue weighted by Gasteiger charge is 2.10. The molecule has 68 valence electrons. The summed E-state index contributed by atoms with van der Waals surface area (Å²) in [6, 6.07) is 3.54. The van der Waals surface area contributed by atoms with Crippen molar-refractivity contribution in [2.75, 3.05) is 12.8 Å². The van der Waals surface area contributed by atoms with Crippen LogP contribution in [0.1, 0.15) is 5.69 Å². The Morgan fingerprint density at radius 1 is 1.46 bits per heavy atom. The van der Waals surface area contributed by atoms with Crippen LogP contribution in [0, 0.1) is 6.92 Å². The molecule has 0 aliphatic heterocycles. The van der Waals surface area contributed by atoms with Crippen LogP contribution in [0.3, 0.4) is 0 Å². The number of nitrogens with zero attached hydrogens (tertiary/aromatic N) is 1. The predicted octanol–water partition coefficient (Wildman–Crippen LogP) is 1.73. The highest BCUT2D eigenvalue weighted by molar-refractivity contribution is 5.88. The number of fused-ring (bicyclic) bond motifs is 1. The van der Waals surface area contributed by atoms with Gasteiger partial charge in [-0.15, -0.1) is 0 Å². The average molecular weight is 178 g/mol. The first-order chi connectivity index (χ1) is 6.22. The Kier molecular flexibility index (Phi) is 1.62. The number of hydrogen-bond acceptors (Lipinski definition) is 4. The fourth-order valence-electron chi connectivity index (χ4n) is 1.30. The smallest absolute Gasteiger partial charge is 0.209 e. The minimum Gasteiger partial charge on any atom is -0.493 e. The van der Waals surface area contributed by atoms with Crippen molar-refractivity contribution in [1.29, 1.82) is 0 Å². The first kappa shape index (κ1) is 7.91. The van der Waals surface area contributed by atoms with Gasteiger partial charge in [-0.25, -0.2) is 0 Å². The molecule has 0 bridgehead atoms. The highest BCUT2D eigenvalue weighted by atomic mass is 16.5. The van der Waals surface area contributed by atoms with Gasteiger partial charge in [-0.1, -0.05) is 5.16 Å². The molecule has 1 heterocycles. The lowest BCUT2D eigenvalue weighted by Crippen LogP contribution is -1.88. The van der Waals surface area contributed by atoms with Gasteiger partial charge in [-0.2, -0.15) is 0 Å². The van der Waals surface area contributed by atoms with Crippen LogP contribution in [-0.4, -0.2) is 12.3 Å². The fraction of sp³-hybridized carbons (Fsp3) is 0.222. The third-order valence-electron chi connectivity index (χ3n) is 1.96. The van der Waals surface area contributed by atoms with Gasteiger partial charge >= 0.3 is 0 Å². The first-order valence-corrected chi connectivity index (χ1v) is 3.92. The van der Waals surface area contributed by atoms with Crippen LogP contribution < -0.4 is 10.5 Å². The van der Waals surface area contributed by atoms with Crippen molar-refractivity contribution in [1.82, 2.24) is 5.16 Å². The maximum absolute atomic E-state index is 5.68. The number of ether oxygens (including phenoxy) is 1. The quantitative estimate of drug-likeness (QED) is 0.675. The lowest BCUT2D eigenvalue weighted by molar-refractivity contribution is 0.392. The monoisotopic (exact) mass is 178 g/mol. The van der Waals surface area contributed by atoms with Crippen LogP contribution in [0.2, 0.25) is 0 Å². The number of methoxy groups -OCH3 is 1. The maximum Gasteiger partial charge on any atom is 0.209 e. The van der Waals surface area contributed by atoms with Crippen LogP contribution in [-0.2, 0) is 0 Å². The van der Waals surface area contributed by atoms with E-state index in [1.165, 1.54) is 0 Å². The van der Waals surface area contributed by atoms with E-state index in [4.69, 9.17) is 15.0 Å². The van der Waals surface area contributed by atoms with Crippen molar-refractivity contribution >= 4 is 16.7 Å². The van der Waals surface area contributed by atoms with Gasteiger partial charge in [0.2, 0.25) is 5.58 Å². The number of benzene rings is 1. The second-order valence-corrected chi connectivity index (χ2v) is 2.87. The number of rotatable bonds is 1. The molecule has 0 saturated carbocycles. The number of aryl methyl sites for hydroxylation is 1. The van der Waals surface area contributed by atoms with E-state index in [1.807, 2.05) is 13.0 Å². The Balaban J connectivity index is 2.84. The minimum atomic E-state index is 0.621. The molecular formula is C9H10N2O2. The van der Waals surface area contributed by atoms with E-state index >= 15 is 0 Å². The normalized spacial score (nSPS) is 10.6. The summed E-state index contributed by atoms with van der Waals surface area (Å²) >= 11 is 0. The van der Waals surface area contributed by atoms with Crippen molar-refractivity contribution in [2.24, 2.45) is 0 Å². The summed E-state index contributed by atoms with van der Waals surface area (Å²) < 4.78 is 10.2. The zero-order valence-electron chi connectivity index (χ0n) is 7.50. The average Bonchev–Trinajstić information content (AvgIpc) is 2.47. The van der Waals surface area contributed by atoms with Crippen molar-refractivity contribution in [3.05, 3.63) is 17.8 Å². The molecular weight excluding hydrogens is 168 g/mol. The minimum absolute atomic E-state index is 0.621.